The van der Waals surface area contributed by atoms with E-state index in [0.29, 0.717) is 17.4 Å². The average Bonchev–Trinajstić information content (AvgIpc) is 3.17. The van der Waals surface area contributed by atoms with Gasteiger partial charge in [0.1, 0.15) is 5.82 Å². The Morgan fingerprint density at radius 2 is 2.32 bits per heavy atom. The highest BCUT2D eigenvalue weighted by molar-refractivity contribution is 6.08. The number of nitrogens with zero attached hydrogens (tertiary/aromatic N) is 4. The maximum atomic E-state index is 12.6. The van der Waals surface area contributed by atoms with Crippen molar-refractivity contribution in [3.63, 3.8) is 0 Å². The van der Waals surface area contributed by atoms with Gasteiger partial charge in [-0.1, -0.05) is 0 Å². The van der Waals surface area contributed by atoms with E-state index in [1.807, 2.05) is 13.2 Å². The first-order valence-electron chi connectivity index (χ1n) is 7.18. The van der Waals surface area contributed by atoms with E-state index in [-0.39, 0.29) is 5.91 Å². The van der Waals surface area contributed by atoms with Crippen LogP contribution in [0.2, 0.25) is 0 Å². The summed E-state index contributed by atoms with van der Waals surface area (Å²) < 4.78 is 3.75. The maximum Gasteiger partial charge on any atom is 0.259 e. The molecule has 2 N–H and O–H groups in total. The minimum Gasteiger partial charge on any atom is -0.364 e. The van der Waals surface area contributed by atoms with Gasteiger partial charge in [-0.2, -0.15) is 5.10 Å². The van der Waals surface area contributed by atoms with Crippen molar-refractivity contribution in [1.29, 1.82) is 0 Å². The van der Waals surface area contributed by atoms with Gasteiger partial charge in [0.25, 0.3) is 5.91 Å². The number of anilines is 1. The van der Waals surface area contributed by atoms with E-state index in [2.05, 4.69) is 31.9 Å². The summed E-state index contributed by atoms with van der Waals surface area (Å²) in [7, 11) is 1.81. The van der Waals surface area contributed by atoms with Crippen molar-refractivity contribution in [1.82, 2.24) is 24.3 Å². The zero-order chi connectivity index (χ0) is 15.3. The van der Waals surface area contributed by atoms with E-state index in [1.54, 1.807) is 29.3 Å². The van der Waals surface area contributed by atoms with Crippen LogP contribution in [0.3, 0.4) is 0 Å². The van der Waals surface area contributed by atoms with E-state index >= 15 is 0 Å². The number of carbonyl (C=O) groups is 1. The lowest BCUT2D eigenvalue weighted by atomic mass is 10.0. The van der Waals surface area contributed by atoms with E-state index < -0.39 is 0 Å². The van der Waals surface area contributed by atoms with Crippen molar-refractivity contribution in [3.05, 3.63) is 42.1 Å². The van der Waals surface area contributed by atoms with Crippen molar-refractivity contribution in [3.8, 4) is 11.4 Å². The standard InChI is InChI=1S/C15H16N6O/c1-9-7-11-13(14-16-4-6-21(9)14)10(8-17-11)15(22)18-12-3-5-20(2)19-12/h3-6,8-9,17H,7H2,1-2H3,(H,18,19,22). The fraction of sp³-hybridized carbons (Fsp3) is 0.267. The number of aryl methyl sites for hydroxylation is 1. The molecule has 4 heterocycles. The molecule has 0 bridgehead atoms. The van der Waals surface area contributed by atoms with Gasteiger partial charge in [0.15, 0.2) is 5.82 Å². The van der Waals surface area contributed by atoms with Gasteiger partial charge in [0, 0.05) is 56.1 Å². The third kappa shape index (κ3) is 1.86. The molecular formula is C15H16N6O. The molecule has 1 aliphatic heterocycles. The number of aromatic nitrogens is 5. The molecule has 112 valence electrons. The second-order valence-corrected chi connectivity index (χ2v) is 5.60. The van der Waals surface area contributed by atoms with Crippen LogP contribution in [0.1, 0.15) is 29.0 Å². The number of hydrogen-bond donors (Lipinski definition) is 2. The summed E-state index contributed by atoms with van der Waals surface area (Å²) in [4.78, 5) is 20.2. The Kier molecular flexibility index (Phi) is 2.69. The van der Waals surface area contributed by atoms with E-state index in [9.17, 15) is 4.79 Å². The summed E-state index contributed by atoms with van der Waals surface area (Å²) in [6, 6.07) is 2.09. The number of hydrogen-bond acceptors (Lipinski definition) is 3. The Bertz CT molecular complexity index is 855. The molecule has 1 unspecified atom stereocenters. The largest absolute Gasteiger partial charge is 0.364 e. The van der Waals surface area contributed by atoms with Gasteiger partial charge in [-0.15, -0.1) is 0 Å². The molecule has 22 heavy (non-hydrogen) atoms. The Morgan fingerprint density at radius 1 is 1.45 bits per heavy atom. The van der Waals surface area contributed by atoms with Crippen LogP contribution in [0.5, 0.6) is 0 Å². The van der Waals surface area contributed by atoms with Crippen molar-refractivity contribution >= 4 is 11.7 Å². The quantitative estimate of drug-likeness (QED) is 0.759. The molecule has 0 saturated carbocycles. The van der Waals surface area contributed by atoms with Crippen LogP contribution in [-0.4, -0.2) is 30.2 Å². The van der Waals surface area contributed by atoms with Crippen molar-refractivity contribution in [2.24, 2.45) is 7.05 Å². The highest BCUT2D eigenvalue weighted by Crippen LogP contribution is 2.35. The number of H-pyrrole nitrogens is 1. The van der Waals surface area contributed by atoms with Crippen molar-refractivity contribution < 1.29 is 4.79 Å². The lowest BCUT2D eigenvalue weighted by Crippen LogP contribution is -2.18. The van der Waals surface area contributed by atoms with Crippen LogP contribution in [0.15, 0.2) is 30.9 Å². The second-order valence-electron chi connectivity index (χ2n) is 5.60. The van der Waals surface area contributed by atoms with Crippen LogP contribution in [0.25, 0.3) is 11.4 Å². The summed E-state index contributed by atoms with van der Waals surface area (Å²) in [5.41, 5.74) is 2.54. The van der Waals surface area contributed by atoms with Crippen LogP contribution in [0, 0.1) is 0 Å². The van der Waals surface area contributed by atoms with Crippen LogP contribution >= 0.6 is 0 Å². The first-order valence-corrected chi connectivity index (χ1v) is 7.18. The number of amides is 1. The number of fused-ring (bicyclic) bond motifs is 3. The highest BCUT2D eigenvalue weighted by Gasteiger charge is 2.28. The molecule has 3 aromatic heterocycles. The zero-order valence-corrected chi connectivity index (χ0v) is 12.4. The van der Waals surface area contributed by atoms with Crippen molar-refractivity contribution in [2.45, 2.75) is 19.4 Å². The third-order valence-corrected chi connectivity index (χ3v) is 4.03. The minimum absolute atomic E-state index is 0.180. The Morgan fingerprint density at radius 3 is 3.09 bits per heavy atom. The number of aromatic amines is 1. The molecule has 1 amide bonds. The summed E-state index contributed by atoms with van der Waals surface area (Å²) in [6.07, 6.45) is 8.12. The van der Waals surface area contributed by atoms with E-state index in [1.165, 1.54) is 0 Å². The minimum atomic E-state index is -0.180. The zero-order valence-electron chi connectivity index (χ0n) is 12.4. The Balaban J connectivity index is 1.72. The lowest BCUT2D eigenvalue weighted by Gasteiger charge is -2.22. The monoisotopic (exact) mass is 296 g/mol. The molecule has 0 aliphatic carbocycles. The third-order valence-electron chi connectivity index (χ3n) is 4.03. The molecule has 7 nitrogen and oxygen atoms in total. The molecule has 0 spiro atoms. The number of imidazole rings is 1. The van der Waals surface area contributed by atoms with Gasteiger partial charge in [-0.05, 0) is 6.92 Å². The van der Waals surface area contributed by atoms with Gasteiger partial charge in [0.05, 0.1) is 11.1 Å². The first kappa shape index (κ1) is 12.9. The molecule has 1 aliphatic rings. The normalized spacial score (nSPS) is 16.2. The van der Waals surface area contributed by atoms with E-state index in [0.717, 1.165) is 23.5 Å². The lowest BCUT2D eigenvalue weighted by molar-refractivity contribution is 0.102. The Hall–Kier alpha value is -2.83. The predicted octanol–water partition coefficient (Wildman–Crippen LogP) is 1.98. The molecule has 0 radical (unpaired) electrons. The molecule has 0 aromatic carbocycles. The molecule has 0 fully saturated rings. The topological polar surface area (TPSA) is 80.5 Å². The predicted molar refractivity (Wildman–Crippen MR) is 81.6 cm³/mol. The van der Waals surface area contributed by atoms with Crippen LogP contribution in [-0.2, 0) is 13.5 Å². The van der Waals surface area contributed by atoms with Crippen molar-refractivity contribution in [2.75, 3.05) is 5.32 Å². The van der Waals surface area contributed by atoms with Crippen LogP contribution < -0.4 is 5.32 Å². The maximum absolute atomic E-state index is 12.6. The summed E-state index contributed by atoms with van der Waals surface area (Å²) in [5.74, 6) is 1.19. The van der Waals surface area contributed by atoms with E-state index in [4.69, 9.17) is 0 Å². The summed E-state index contributed by atoms with van der Waals surface area (Å²) in [5, 5.41) is 6.99. The smallest absolute Gasteiger partial charge is 0.259 e. The van der Waals surface area contributed by atoms with Gasteiger partial charge < -0.3 is 14.9 Å². The number of rotatable bonds is 2. The van der Waals surface area contributed by atoms with Gasteiger partial charge >= 0.3 is 0 Å². The molecule has 7 heteroatoms. The summed E-state index contributed by atoms with van der Waals surface area (Å²) in [6.45, 7) is 2.14. The molecule has 3 aromatic rings. The fourth-order valence-corrected chi connectivity index (χ4v) is 2.98. The molecule has 0 saturated heterocycles. The second kappa shape index (κ2) is 4.59. The molecular weight excluding hydrogens is 280 g/mol. The van der Waals surface area contributed by atoms with Gasteiger partial charge in [-0.3, -0.25) is 9.48 Å². The van der Waals surface area contributed by atoms with Gasteiger partial charge in [0.2, 0.25) is 0 Å². The number of nitrogens with one attached hydrogen (secondary N) is 2. The van der Waals surface area contributed by atoms with Gasteiger partial charge in [-0.25, -0.2) is 4.98 Å². The fourth-order valence-electron chi connectivity index (χ4n) is 2.98. The Labute approximate surface area is 127 Å². The summed E-state index contributed by atoms with van der Waals surface area (Å²) >= 11 is 0. The highest BCUT2D eigenvalue weighted by atomic mass is 16.1. The molecule has 1 atom stereocenters. The SMILES string of the molecule is CC1Cc2[nH]cc(C(=O)Nc3ccn(C)n3)c2-c2nccn21. The average molecular weight is 296 g/mol. The number of carbonyl (C=O) groups excluding carboxylic acids is 1. The first-order chi connectivity index (χ1) is 10.6. The van der Waals surface area contributed by atoms with Crippen LogP contribution in [0.4, 0.5) is 5.82 Å². The molecule has 4 rings (SSSR count).